The Morgan fingerprint density at radius 2 is 1.84 bits per heavy atom. The van der Waals surface area contributed by atoms with Crippen LogP contribution < -0.4 is 0 Å². The van der Waals surface area contributed by atoms with E-state index < -0.39 is 7.53 Å². The first kappa shape index (κ1) is 20.8. The van der Waals surface area contributed by atoms with Gasteiger partial charge in [0, 0.05) is 15.5 Å². The summed E-state index contributed by atoms with van der Waals surface area (Å²) in [4.78, 5) is 13.3. The minimum absolute atomic E-state index is 0.276. The van der Waals surface area contributed by atoms with Gasteiger partial charge in [0.05, 0.1) is 12.2 Å². The lowest BCUT2D eigenvalue weighted by molar-refractivity contribution is 0.0526. The third-order valence-electron chi connectivity index (χ3n) is 5.58. The molecule has 1 aliphatic rings. The van der Waals surface area contributed by atoms with E-state index in [1.807, 2.05) is 42.5 Å². The van der Waals surface area contributed by atoms with Crippen LogP contribution in [0.2, 0.25) is 0 Å². The molecule has 1 aliphatic carbocycles. The maximum Gasteiger partial charge on any atom is 0.338 e. The molecule has 0 saturated carbocycles. The fourth-order valence-corrected chi connectivity index (χ4v) is 7.97. The number of hydrogen-bond acceptors (Lipinski definition) is 3. The van der Waals surface area contributed by atoms with Crippen LogP contribution in [-0.2, 0) is 11.2 Å². The Balaban J connectivity index is 1.59. The molecule has 1 atom stereocenters. The Kier molecular flexibility index (Phi) is 5.94. The zero-order valence-electron chi connectivity index (χ0n) is 17.8. The molecule has 158 valence electrons. The summed E-state index contributed by atoms with van der Waals surface area (Å²) in [5.74, 6) is -0.276. The molecule has 0 radical (unpaired) electrons. The van der Waals surface area contributed by atoms with Crippen LogP contribution in [0.3, 0.4) is 0 Å². The van der Waals surface area contributed by atoms with Crippen molar-refractivity contribution < 1.29 is 9.53 Å². The highest BCUT2D eigenvalue weighted by Crippen LogP contribution is 2.59. The Morgan fingerprint density at radius 3 is 2.56 bits per heavy atom. The molecule has 1 unspecified atom stereocenters. The first-order chi connectivity index (χ1) is 15.8. The molecule has 32 heavy (non-hydrogen) atoms. The standard InChI is InChI=1S/C28H23O2PS/c1-2-30-28(29)21-16-13-20(14-17-21)15-18-25-23-10-6-11-24(23)27(26-12-7-19-32-26)31(25)22-8-4-3-5-9-22/h3-10,12-19H,2,11H2,1H3/b18-15+. The first-order valence-corrected chi connectivity index (χ1v) is 13.0. The van der Waals surface area contributed by atoms with Crippen molar-refractivity contribution in [1.29, 1.82) is 0 Å². The number of thiophene rings is 1. The molecule has 0 spiro atoms. The van der Waals surface area contributed by atoms with E-state index in [4.69, 9.17) is 4.74 Å². The normalized spacial score (nSPS) is 13.0. The zero-order valence-corrected chi connectivity index (χ0v) is 19.5. The number of benzene rings is 2. The van der Waals surface area contributed by atoms with Gasteiger partial charge in [-0.1, -0.05) is 74.3 Å². The van der Waals surface area contributed by atoms with Crippen LogP contribution in [0.4, 0.5) is 0 Å². The fourth-order valence-electron chi connectivity index (χ4n) is 4.15. The molecule has 4 heteroatoms. The summed E-state index contributed by atoms with van der Waals surface area (Å²) >= 11 is 1.83. The second kappa shape index (κ2) is 9.16. The van der Waals surface area contributed by atoms with Crippen LogP contribution in [0.15, 0.2) is 78.2 Å². The molecule has 0 saturated heterocycles. The number of carbonyl (C=O) groups is 1. The summed E-state index contributed by atoms with van der Waals surface area (Å²) in [5.41, 5.74) is 4.51. The quantitative estimate of drug-likeness (QED) is 0.274. The average Bonchev–Trinajstić information content (AvgIpc) is 3.57. The third-order valence-corrected chi connectivity index (χ3v) is 9.27. The summed E-state index contributed by atoms with van der Waals surface area (Å²) in [6.45, 7) is 2.20. The van der Waals surface area contributed by atoms with Crippen LogP contribution in [0.25, 0.3) is 33.7 Å². The number of fused-ring (bicyclic) bond motifs is 1. The van der Waals surface area contributed by atoms with Gasteiger partial charge in [-0.3, -0.25) is 0 Å². The molecule has 4 aromatic rings. The molecular formula is C28H23O2PS. The molecule has 0 aliphatic heterocycles. The van der Waals surface area contributed by atoms with Crippen molar-refractivity contribution in [2.45, 2.75) is 13.3 Å². The zero-order chi connectivity index (χ0) is 21.9. The van der Waals surface area contributed by atoms with Gasteiger partial charge in [-0.05, 0) is 65.0 Å². The second-order valence-electron chi connectivity index (χ2n) is 7.56. The van der Waals surface area contributed by atoms with Crippen molar-refractivity contribution >= 4 is 43.1 Å². The monoisotopic (exact) mass is 454 g/mol. The van der Waals surface area contributed by atoms with Crippen molar-refractivity contribution in [3.8, 4) is 15.5 Å². The number of esters is 1. The number of carbonyl (C=O) groups excluding carboxylic acids is 1. The number of ether oxygens (including phenoxy) is 1. The predicted molar refractivity (Wildman–Crippen MR) is 138 cm³/mol. The van der Waals surface area contributed by atoms with Crippen LogP contribution >= 0.6 is 18.9 Å². The van der Waals surface area contributed by atoms with Crippen molar-refractivity contribution in [3.63, 3.8) is 0 Å². The maximum absolute atomic E-state index is 11.9. The van der Waals surface area contributed by atoms with Crippen LogP contribution in [-0.4, -0.2) is 12.6 Å². The second-order valence-corrected chi connectivity index (χ2v) is 10.6. The average molecular weight is 455 g/mol. The van der Waals surface area contributed by atoms with E-state index >= 15 is 0 Å². The third kappa shape index (κ3) is 3.90. The van der Waals surface area contributed by atoms with Crippen molar-refractivity contribution in [1.82, 2.24) is 0 Å². The Morgan fingerprint density at radius 1 is 1.03 bits per heavy atom. The number of rotatable bonds is 6. The molecule has 5 rings (SSSR count). The summed E-state index contributed by atoms with van der Waals surface area (Å²) < 4.78 is 5.09. The van der Waals surface area contributed by atoms with E-state index in [-0.39, 0.29) is 5.97 Å². The SMILES string of the molecule is CCOC(=O)c1ccc(/C=C/c2c3c(c(-c4cccs4)p2-c2ccccc2)CC=C3)cc1. The highest BCUT2D eigenvalue weighted by atomic mass is 32.1. The van der Waals surface area contributed by atoms with E-state index in [1.165, 1.54) is 31.9 Å². The van der Waals surface area contributed by atoms with E-state index in [2.05, 4.69) is 72.1 Å². The van der Waals surface area contributed by atoms with Gasteiger partial charge in [0.2, 0.25) is 0 Å². The topological polar surface area (TPSA) is 26.3 Å². The first-order valence-electron chi connectivity index (χ1n) is 10.7. The van der Waals surface area contributed by atoms with Gasteiger partial charge in [0.1, 0.15) is 0 Å². The van der Waals surface area contributed by atoms with Gasteiger partial charge in [-0.15, -0.1) is 11.3 Å². The highest BCUT2D eigenvalue weighted by Gasteiger charge is 2.25. The van der Waals surface area contributed by atoms with Crippen LogP contribution in [0, 0.1) is 0 Å². The van der Waals surface area contributed by atoms with E-state index in [0.29, 0.717) is 12.2 Å². The van der Waals surface area contributed by atoms with Gasteiger partial charge in [0.25, 0.3) is 0 Å². The molecule has 0 bridgehead atoms. The Bertz CT molecular complexity index is 1290. The van der Waals surface area contributed by atoms with Crippen molar-refractivity contribution in [2.24, 2.45) is 0 Å². The van der Waals surface area contributed by atoms with Crippen LogP contribution in [0.1, 0.15) is 39.3 Å². The summed E-state index contributed by atoms with van der Waals surface area (Å²) in [5, 5.41) is 6.44. The maximum atomic E-state index is 11.9. The molecule has 2 aromatic heterocycles. The number of allylic oxidation sites excluding steroid dienone is 1. The molecule has 0 N–H and O–H groups in total. The highest BCUT2D eigenvalue weighted by molar-refractivity contribution is 7.62. The van der Waals surface area contributed by atoms with Gasteiger partial charge in [-0.2, -0.15) is 0 Å². The summed E-state index contributed by atoms with van der Waals surface area (Å²) in [7, 11) is -0.611. The fraction of sp³-hybridized carbons (Fsp3) is 0.107. The van der Waals surface area contributed by atoms with E-state index in [1.54, 1.807) is 0 Å². The molecular weight excluding hydrogens is 431 g/mol. The molecule has 2 heterocycles. The Hall–Kier alpha value is -3.13. The molecule has 0 fully saturated rings. The lowest BCUT2D eigenvalue weighted by atomic mass is 10.1. The number of hydrogen-bond donors (Lipinski definition) is 0. The van der Waals surface area contributed by atoms with Gasteiger partial charge in [0.15, 0.2) is 0 Å². The lowest BCUT2D eigenvalue weighted by Crippen LogP contribution is -2.03. The van der Waals surface area contributed by atoms with Gasteiger partial charge >= 0.3 is 5.97 Å². The smallest absolute Gasteiger partial charge is 0.338 e. The largest absolute Gasteiger partial charge is 0.462 e. The molecule has 2 nitrogen and oxygen atoms in total. The summed E-state index contributed by atoms with van der Waals surface area (Å²) in [6.07, 6.45) is 10.0. The predicted octanol–water partition coefficient (Wildman–Crippen LogP) is 8.31. The summed E-state index contributed by atoms with van der Waals surface area (Å²) in [6, 6.07) is 22.9. The minimum atomic E-state index is -0.611. The van der Waals surface area contributed by atoms with E-state index in [0.717, 1.165) is 12.0 Å². The molecule has 2 aromatic carbocycles. The van der Waals surface area contributed by atoms with Gasteiger partial charge in [-0.25, -0.2) is 4.79 Å². The molecule has 0 amide bonds. The van der Waals surface area contributed by atoms with Gasteiger partial charge < -0.3 is 4.74 Å². The lowest BCUT2D eigenvalue weighted by Gasteiger charge is -2.09. The van der Waals surface area contributed by atoms with Crippen LogP contribution in [0.5, 0.6) is 0 Å². The van der Waals surface area contributed by atoms with Crippen molar-refractivity contribution in [2.75, 3.05) is 6.61 Å². The minimum Gasteiger partial charge on any atom is -0.462 e. The Labute approximate surface area is 193 Å². The van der Waals surface area contributed by atoms with Crippen molar-refractivity contribution in [3.05, 3.63) is 106 Å². The van der Waals surface area contributed by atoms with E-state index in [9.17, 15) is 4.79 Å².